The molecule has 1 atom stereocenters. The van der Waals surface area contributed by atoms with Crippen molar-refractivity contribution < 1.29 is 4.79 Å². The second-order valence-electron chi connectivity index (χ2n) is 8.94. The number of likely N-dealkylation sites (N-methyl/N-ethyl adjacent to an activating group) is 1. The van der Waals surface area contributed by atoms with Crippen molar-refractivity contribution in [3.05, 3.63) is 59.2 Å². The van der Waals surface area contributed by atoms with Crippen LogP contribution < -0.4 is 10.2 Å². The molecule has 2 aromatic heterocycles. The smallest absolute Gasteiger partial charge is 0.325 e. The average molecular weight is 496 g/mol. The van der Waals surface area contributed by atoms with Crippen LogP contribution in [0.1, 0.15) is 32.4 Å². The van der Waals surface area contributed by atoms with Gasteiger partial charge in [-0.3, -0.25) is 4.90 Å². The lowest BCUT2D eigenvalue weighted by Crippen LogP contribution is -2.38. The normalized spacial score (nSPS) is 19.7. The third-order valence-corrected chi connectivity index (χ3v) is 6.76. The maximum Gasteiger partial charge on any atom is 0.325 e. The molecule has 0 unspecified atom stereocenters. The van der Waals surface area contributed by atoms with Gasteiger partial charge in [-0.05, 0) is 43.0 Å². The molecule has 1 saturated carbocycles. The van der Waals surface area contributed by atoms with Gasteiger partial charge in [0.1, 0.15) is 5.82 Å². The number of imidazole rings is 1. The lowest BCUT2D eigenvalue weighted by atomic mass is 10.0. The molecule has 8 nitrogen and oxygen atoms in total. The van der Waals surface area contributed by atoms with Gasteiger partial charge in [0.15, 0.2) is 0 Å². The van der Waals surface area contributed by atoms with Gasteiger partial charge < -0.3 is 14.8 Å². The molecule has 5 rings (SSSR count). The van der Waals surface area contributed by atoms with Crippen LogP contribution in [-0.4, -0.2) is 50.1 Å². The molecule has 2 fully saturated rings. The van der Waals surface area contributed by atoms with E-state index in [1.807, 2.05) is 36.1 Å². The fraction of sp³-hybridized carbons (Fsp3) is 0.391. The average Bonchev–Trinajstić information content (AvgIpc) is 3.24. The van der Waals surface area contributed by atoms with Crippen molar-refractivity contribution in [2.24, 2.45) is 5.92 Å². The van der Waals surface area contributed by atoms with Crippen molar-refractivity contribution in [2.45, 2.75) is 38.3 Å². The second kappa shape index (κ2) is 7.88. The van der Waals surface area contributed by atoms with Gasteiger partial charge in [0.05, 0.1) is 23.6 Å². The molecular formula is C23H26BrN7O. The van der Waals surface area contributed by atoms with Crippen molar-refractivity contribution in [3.63, 3.8) is 0 Å². The van der Waals surface area contributed by atoms with Crippen LogP contribution in [0.25, 0.3) is 5.69 Å². The number of nitrogens with one attached hydrogen (secondary N) is 1. The number of benzene rings is 1. The van der Waals surface area contributed by atoms with Gasteiger partial charge in [-0.25, -0.2) is 14.8 Å². The molecule has 2 amide bonds. The molecule has 0 spiro atoms. The van der Waals surface area contributed by atoms with Crippen LogP contribution in [0.15, 0.2) is 53.5 Å². The molecule has 166 valence electrons. The highest BCUT2D eigenvalue weighted by molar-refractivity contribution is 9.10. The van der Waals surface area contributed by atoms with Crippen molar-refractivity contribution >= 4 is 33.7 Å². The van der Waals surface area contributed by atoms with E-state index in [4.69, 9.17) is 4.98 Å². The number of hydrogen-bond donors (Lipinski definition) is 1. The number of carbonyl (C=O) groups is 1. The van der Waals surface area contributed by atoms with E-state index in [1.165, 1.54) is 0 Å². The van der Waals surface area contributed by atoms with Crippen LogP contribution in [0.4, 0.5) is 16.6 Å². The Balaban J connectivity index is 1.39. The molecule has 1 aromatic carbocycles. The highest BCUT2D eigenvalue weighted by Gasteiger charge is 2.47. The van der Waals surface area contributed by atoms with Gasteiger partial charge in [-0.1, -0.05) is 35.8 Å². The zero-order valence-electron chi connectivity index (χ0n) is 18.4. The Kier molecular flexibility index (Phi) is 5.16. The molecule has 3 heterocycles. The van der Waals surface area contributed by atoms with Crippen molar-refractivity contribution in [2.75, 3.05) is 23.8 Å². The molecule has 32 heavy (non-hydrogen) atoms. The Morgan fingerprint density at radius 1 is 1.22 bits per heavy atom. The number of nitrogens with zero attached hydrogens (tertiary/aromatic N) is 6. The highest BCUT2D eigenvalue weighted by Crippen LogP contribution is 2.47. The molecule has 1 aliphatic heterocycles. The molecule has 1 N–H and O–H groups in total. The largest absolute Gasteiger partial charge is 0.343 e. The number of hydrogen-bond acceptors (Lipinski definition) is 5. The molecule has 1 saturated heterocycles. The summed E-state index contributed by atoms with van der Waals surface area (Å²) in [6.07, 6.45) is 7.51. The first-order chi connectivity index (χ1) is 15.4. The number of carbonyl (C=O) groups excluding carboxylic acids is 1. The number of halogens is 1. The Hall–Kier alpha value is -2.94. The van der Waals surface area contributed by atoms with Gasteiger partial charge in [-0.15, -0.1) is 0 Å². The van der Waals surface area contributed by atoms with E-state index in [-0.39, 0.29) is 17.6 Å². The van der Waals surface area contributed by atoms with Gasteiger partial charge in [0, 0.05) is 36.1 Å². The standard InChI is InChI=1S/C23H26BrN7O/c1-15(2)18-12-29(3)22(32)31(18)20-7-10-25-21(27-20)28-23(8-9-23)19-13-30(14-26-19)17-6-4-5-16(24)11-17/h4-7,10-11,13-15,18H,8-9,12H2,1-3H3,(H,25,27,28)/t18-/m1/s1. The van der Waals surface area contributed by atoms with Gasteiger partial charge >= 0.3 is 6.03 Å². The quantitative estimate of drug-likeness (QED) is 0.547. The Morgan fingerprint density at radius 3 is 2.75 bits per heavy atom. The van der Waals surface area contributed by atoms with Crippen molar-refractivity contribution in [1.29, 1.82) is 0 Å². The van der Waals surface area contributed by atoms with Gasteiger partial charge in [-0.2, -0.15) is 4.98 Å². The minimum absolute atomic E-state index is 0.0257. The van der Waals surface area contributed by atoms with Crippen LogP contribution in [-0.2, 0) is 5.54 Å². The maximum absolute atomic E-state index is 12.8. The fourth-order valence-electron chi connectivity index (χ4n) is 4.22. The maximum atomic E-state index is 12.8. The first kappa shape index (κ1) is 20.9. The number of aromatic nitrogens is 4. The summed E-state index contributed by atoms with van der Waals surface area (Å²) < 4.78 is 3.04. The Morgan fingerprint density at radius 2 is 2.03 bits per heavy atom. The van der Waals surface area contributed by atoms with Crippen LogP contribution in [0.2, 0.25) is 0 Å². The lowest BCUT2D eigenvalue weighted by molar-refractivity contribution is 0.229. The van der Waals surface area contributed by atoms with Crippen molar-refractivity contribution in [1.82, 2.24) is 24.4 Å². The van der Waals surface area contributed by atoms with Gasteiger partial charge in [0.25, 0.3) is 0 Å². The summed E-state index contributed by atoms with van der Waals surface area (Å²) in [6, 6.07) is 9.98. The number of urea groups is 1. The van der Waals surface area contributed by atoms with E-state index in [0.717, 1.165) is 28.7 Å². The van der Waals surface area contributed by atoms with E-state index in [0.29, 0.717) is 24.2 Å². The SMILES string of the molecule is CC(C)[C@H]1CN(C)C(=O)N1c1ccnc(NC2(c3cn(-c4cccc(Br)c4)cn3)CC2)n1. The molecule has 9 heteroatoms. The van der Waals surface area contributed by atoms with E-state index in [1.54, 1.807) is 22.1 Å². The summed E-state index contributed by atoms with van der Waals surface area (Å²) in [5.74, 6) is 1.47. The zero-order chi connectivity index (χ0) is 22.5. The second-order valence-corrected chi connectivity index (χ2v) is 9.85. The number of rotatable bonds is 6. The van der Waals surface area contributed by atoms with Crippen LogP contribution in [0.5, 0.6) is 0 Å². The minimum Gasteiger partial charge on any atom is -0.343 e. The summed E-state index contributed by atoms with van der Waals surface area (Å²) in [4.78, 5) is 30.1. The summed E-state index contributed by atoms with van der Waals surface area (Å²) in [6.45, 7) is 4.96. The zero-order valence-corrected chi connectivity index (χ0v) is 20.0. The van der Waals surface area contributed by atoms with E-state index >= 15 is 0 Å². The molecule has 0 bridgehead atoms. The molecule has 1 aliphatic carbocycles. The lowest BCUT2D eigenvalue weighted by Gasteiger charge is -2.25. The van der Waals surface area contributed by atoms with Crippen LogP contribution in [0, 0.1) is 5.92 Å². The van der Waals surface area contributed by atoms with E-state index in [9.17, 15) is 4.79 Å². The first-order valence-corrected chi connectivity index (χ1v) is 11.6. The summed E-state index contributed by atoms with van der Waals surface area (Å²) in [5, 5.41) is 3.50. The monoisotopic (exact) mass is 495 g/mol. The Bertz CT molecular complexity index is 1160. The number of amides is 2. The Labute approximate surface area is 195 Å². The molecule has 3 aromatic rings. The molecule has 0 radical (unpaired) electrons. The third-order valence-electron chi connectivity index (χ3n) is 6.26. The fourth-order valence-corrected chi connectivity index (χ4v) is 4.61. The summed E-state index contributed by atoms with van der Waals surface area (Å²) in [5.41, 5.74) is 1.73. The molecular weight excluding hydrogens is 470 g/mol. The van der Waals surface area contributed by atoms with E-state index < -0.39 is 0 Å². The predicted octanol–water partition coefficient (Wildman–Crippen LogP) is 4.42. The summed E-state index contributed by atoms with van der Waals surface area (Å²) >= 11 is 3.52. The third kappa shape index (κ3) is 3.74. The minimum atomic E-state index is -0.279. The number of anilines is 2. The first-order valence-electron chi connectivity index (χ1n) is 10.8. The van der Waals surface area contributed by atoms with Crippen LogP contribution in [0.3, 0.4) is 0 Å². The topological polar surface area (TPSA) is 79.2 Å². The molecule has 2 aliphatic rings. The van der Waals surface area contributed by atoms with Crippen molar-refractivity contribution in [3.8, 4) is 5.69 Å². The summed E-state index contributed by atoms with van der Waals surface area (Å²) in [7, 11) is 1.83. The highest BCUT2D eigenvalue weighted by atomic mass is 79.9. The van der Waals surface area contributed by atoms with E-state index in [2.05, 4.69) is 57.3 Å². The predicted molar refractivity (Wildman–Crippen MR) is 127 cm³/mol. The van der Waals surface area contributed by atoms with Gasteiger partial charge in [0.2, 0.25) is 5.95 Å². The van der Waals surface area contributed by atoms with Crippen LogP contribution >= 0.6 is 15.9 Å².